The van der Waals surface area contributed by atoms with Crippen LogP contribution in [0.3, 0.4) is 0 Å². The molecule has 0 saturated carbocycles. The molecule has 0 radical (unpaired) electrons. The van der Waals surface area contributed by atoms with Crippen molar-refractivity contribution in [3.63, 3.8) is 0 Å². The van der Waals surface area contributed by atoms with Gasteiger partial charge in [0.25, 0.3) is 5.91 Å². The van der Waals surface area contributed by atoms with Gasteiger partial charge in [-0.15, -0.1) is 0 Å². The van der Waals surface area contributed by atoms with Crippen molar-refractivity contribution in [2.45, 2.75) is 25.7 Å². The minimum absolute atomic E-state index is 0.00238. The van der Waals surface area contributed by atoms with Crippen LogP contribution in [0.4, 0.5) is 13.9 Å². The highest BCUT2D eigenvalue weighted by atomic mass is 32.1. The molecular weight excluding hydrogens is 310 g/mol. The predicted octanol–water partition coefficient (Wildman–Crippen LogP) is 3.58. The summed E-state index contributed by atoms with van der Waals surface area (Å²) in [6.07, 6.45) is 2.81. The van der Waals surface area contributed by atoms with E-state index in [2.05, 4.69) is 10.3 Å². The Balaban J connectivity index is 1.86. The second kappa shape index (κ2) is 5.92. The molecule has 22 heavy (non-hydrogen) atoms. The first-order valence-corrected chi connectivity index (χ1v) is 7.66. The number of hydrogen-bond acceptors (Lipinski definition) is 4. The number of amides is 1. The van der Waals surface area contributed by atoms with E-state index in [0.29, 0.717) is 23.4 Å². The number of fused-ring (bicyclic) bond motifs is 1. The molecule has 0 saturated heterocycles. The van der Waals surface area contributed by atoms with Crippen LogP contribution in [-0.4, -0.2) is 16.7 Å². The topological polar surface area (TPSA) is 59.1 Å². The minimum Gasteiger partial charge on any atom is -0.298 e. The number of carbonyl (C=O) groups is 2. The predicted molar refractivity (Wildman–Crippen MR) is 78.3 cm³/mol. The number of ketones is 1. The van der Waals surface area contributed by atoms with Crippen LogP contribution in [0, 0.1) is 11.6 Å². The molecule has 0 unspecified atom stereocenters. The number of carbonyl (C=O) groups excluding carboxylic acids is 2. The second-order valence-corrected chi connectivity index (χ2v) is 5.97. The number of halogens is 2. The molecule has 1 aromatic heterocycles. The van der Waals surface area contributed by atoms with E-state index >= 15 is 0 Å². The Morgan fingerprint density at radius 2 is 1.86 bits per heavy atom. The summed E-state index contributed by atoms with van der Waals surface area (Å²) in [4.78, 5) is 28.7. The molecule has 114 valence electrons. The Bertz CT molecular complexity index is 738. The Morgan fingerprint density at radius 3 is 2.59 bits per heavy atom. The first-order valence-electron chi connectivity index (χ1n) is 6.84. The molecule has 3 rings (SSSR count). The van der Waals surface area contributed by atoms with Crippen molar-refractivity contribution in [1.82, 2.24) is 4.98 Å². The van der Waals surface area contributed by atoms with Crippen LogP contribution >= 0.6 is 11.3 Å². The fourth-order valence-electron chi connectivity index (χ4n) is 2.36. The van der Waals surface area contributed by atoms with Gasteiger partial charge in [-0.25, -0.2) is 13.8 Å². The van der Waals surface area contributed by atoms with Gasteiger partial charge in [0.15, 0.2) is 10.9 Å². The van der Waals surface area contributed by atoms with E-state index in [0.717, 1.165) is 36.3 Å². The summed E-state index contributed by atoms with van der Waals surface area (Å²) in [5.74, 6) is -2.78. The Hall–Kier alpha value is -2.15. The van der Waals surface area contributed by atoms with Gasteiger partial charge in [0.2, 0.25) is 0 Å². The summed E-state index contributed by atoms with van der Waals surface area (Å²) in [7, 11) is 0. The van der Waals surface area contributed by atoms with E-state index in [1.165, 1.54) is 6.07 Å². The number of hydrogen-bond donors (Lipinski definition) is 1. The molecule has 1 aromatic carbocycles. The van der Waals surface area contributed by atoms with Gasteiger partial charge in [-0.05, 0) is 31.4 Å². The van der Waals surface area contributed by atoms with Crippen LogP contribution in [0.5, 0.6) is 0 Å². The summed E-state index contributed by atoms with van der Waals surface area (Å²) in [5, 5.41) is 2.56. The zero-order valence-electron chi connectivity index (χ0n) is 11.5. The van der Waals surface area contributed by atoms with Gasteiger partial charge in [0, 0.05) is 6.42 Å². The van der Waals surface area contributed by atoms with E-state index in [1.54, 1.807) is 0 Å². The van der Waals surface area contributed by atoms with Crippen LogP contribution in [0.2, 0.25) is 0 Å². The first kappa shape index (κ1) is 14.8. The van der Waals surface area contributed by atoms with Crippen LogP contribution in [0.15, 0.2) is 18.2 Å². The Labute approximate surface area is 129 Å². The SMILES string of the molecule is O=C1CCCCc2nc(NC(=O)c3c(F)cccc3F)sc21. The lowest BCUT2D eigenvalue weighted by Gasteiger charge is -2.04. The molecule has 0 bridgehead atoms. The number of anilines is 1. The highest BCUT2D eigenvalue weighted by Gasteiger charge is 2.23. The molecule has 0 spiro atoms. The Morgan fingerprint density at radius 1 is 1.18 bits per heavy atom. The molecular formula is C15H12F2N2O2S. The monoisotopic (exact) mass is 322 g/mol. The summed E-state index contributed by atoms with van der Waals surface area (Å²) in [5.41, 5.74) is -0.00368. The molecule has 1 amide bonds. The van der Waals surface area contributed by atoms with E-state index in [1.807, 2.05) is 0 Å². The second-order valence-electron chi connectivity index (χ2n) is 4.98. The van der Waals surface area contributed by atoms with Gasteiger partial charge in [-0.1, -0.05) is 17.4 Å². The van der Waals surface area contributed by atoms with Crippen LogP contribution in [0.1, 0.15) is 45.0 Å². The molecule has 0 fully saturated rings. The number of rotatable bonds is 2. The van der Waals surface area contributed by atoms with Gasteiger partial charge in [-0.2, -0.15) is 0 Å². The van der Waals surface area contributed by atoms with E-state index in [9.17, 15) is 18.4 Å². The van der Waals surface area contributed by atoms with Gasteiger partial charge in [0.1, 0.15) is 17.2 Å². The molecule has 1 N–H and O–H groups in total. The van der Waals surface area contributed by atoms with Gasteiger partial charge < -0.3 is 0 Å². The van der Waals surface area contributed by atoms with E-state index in [4.69, 9.17) is 0 Å². The lowest BCUT2D eigenvalue weighted by molar-refractivity contribution is 0.0983. The van der Waals surface area contributed by atoms with E-state index in [-0.39, 0.29) is 10.9 Å². The molecule has 0 atom stereocenters. The number of benzene rings is 1. The van der Waals surface area contributed by atoms with E-state index < -0.39 is 23.1 Å². The third-order valence-corrected chi connectivity index (χ3v) is 4.48. The van der Waals surface area contributed by atoms with Crippen LogP contribution < -0.4 is 5.32 Å². The zero-order valence-corrected chi connectivity index (χ0v) is 12.3. The molecule has 1 heterocycles. The number of Topliss-reactive ketones (excluding diaryl/α,β-unsaturated/α-hetero) is 1. The van der Waals surface area contributed by atoms with Crippen molar-refractivity contribution in [2.24, 2.45) is 0 Å². The van der Waals surface area contributed by atoms with Crippen molar-refractivity contribution in [2.75, 3.05) is 5.32 Å². The van der Waals surface area contributed by atoms with Crippen molar-refractivity contribution in [3.05, 3.63) is 46.0 Å². The van der Waals surface area contributed by atoms with Gasteiger partial charge in [-0.3, -0.25) is 14.9 Å². The number of thiazole rings is 1. The quantitative estimate of drug-likeness (QED) is 0.860. The van der Waals surface area contributed by atoms with Crippen molar-refractivity contribution in [1.29, 1.82) is 0 Å². The van der Waals surface area contributed by atoms with Crippen molar-refractivity contribution in [3.8, 4) is 0 Å². The lowest BCUT2D eigenvalue weighted by atomic mass is 10.2. The summed E-state index contributed by atoms with van der Waals surface area (Å²) < 4.78 is 27.1. The highest BCUT2D eigenvalue weighted by Crippen LogP contribution is 2.29. The first-order chi connectivity index (χ1) is 10.6. The molecule has 4 nitrogen and oxygen atoms in total. The third-order valence-electron chi connectivity index (χ3n) is 3.43. The van der Waals surface area contributed by atoms with Gasteiger partial charge in [0.05, 0.1) is 10.6 Å². The standard InChI is InChI=1S/C15H12F2N2O2S/c16-8-4-3-5-9(17)12(8)14(21)19-15-18-10-6-1-2-7-11(20)13(10)22-15/h3-5H,1-2,6-7H2,(H,18,19,21). The average Bonchev–Trinajstić information content (AvgIpc) is 2.78. The summed E-state index contributed by atoms with van der Waals surface area (Å²) in [6, 6.07) is 3.21. The maximum atomic E-state index is 13.6. The van der Waals surface area contributed by atoms with Crippen molar-refractivity contribution >= 4 is 28.2 Å². The van der Waals surface area contributed by atoms with Crippen LogP contribution in [-0.2, 0) is 6.42 Å². The fraction of sp³-hybridized carbons (Fsp3) is 0.267. The van der Waals surface area contributed by atoms with Crippen molar-refractivity contribution < 1.29 is 18.4 Å². The Kier molecular flexibility index (Phi) is 3.98. The average molecular weight is 322 g/mol. The molecule has 1 aliphatic rings. The maximum Gasteiger partial charge on any atom is 0.263 e. The molecule has 2 aromatic rings. The lowest BCUT2D eigenvalue weighted by Crippen LogP contribution is -2.15. The smallest absolute Gasteiger partial charge is 0.263 e. The molecule has 7 heteroatoms. The summed E-state index contributed by atoms with van der Waals surface area (Å²) >= 11 is 1.05. The molecule has 1 aliphatic carbocycles. The number of aryl methyl sites for hydroxylation is 1. The highest BCUT2D eigenvalue weighted by molar-refractivity contribution is 7.17. The number of aromatic nitrogens is 1. The fourth-order valence-corrected chi connectivity index (χ4v) is 3.33. The molecule has 0 aliphatic heterocycles. The normalized spacial score (nSPS) is 14.4. The minimum atomic E-state index is -0.938. The zero-order chi connectivity index (χ0) is 15.7. The third kappa shape index (κ3) is 2.76. The van der Waals surface area contributed by atoms with Gasteiger partial charge >= 0.3 is 0 Å². The summed E-state index contributed by atoms with van der Waals surface area (Å²) in [6.45, 7) is 0. The largest absolute Gasteiger partial charge is 0.298 e. The number of nitrogens with one attached hydrogen (secondary N) is 1. The maximum absolute atomic E-state index is 13.6. The number of nitrogens with zero attached hydrogens (tertiary/aromatic N) is 1. The van der Waals surface area contributed by atoms with Crippen LogP contribution in [0.25, 0.3) is 0 Å².